The van der Waals surface area contributed by atoms with Gasteiger partial charge in [-0.1, -0.05) is 48.5 Å². The highest BCUT2D eigenvalue weighted by molar-refractivity contribution is 5.96. The second-order valence-electron chi connectivity index (χ2n) is 7.61. The summed E-state index contributed by atoms with van der Waals surface area (Å²) in [4.78, 5) is 24.2. The average molecular weight is 386 g/mol. The number of anilines is 2. The molecule has 1 N–H and O–H groups in total. The smallest absolute Gasteiger partial charge is 0.227 e. The Morgan fingerprint density at radius 2 is 1.55 bits per heavy atom. The fraction of sp³-hybridized carbons (Fsp3) is 0.292. The maximum absolute atomic E-state index is 12.9. The lowest BCUT2D eigenvalue weighted by Crippen LogP contribution is -2.39. The second kappa shape index (κ2) is 8.43. The topological polar surface area (TPSA) is 58.1 Å². The van der Waals surface area contributed by atoms with Crippen LogP contribution in [0.4, 0.5) is 11.6 Å². The Labute approximate surface area is 171 Å². The van der Waals surface area contributed by atoms with Crippen LogP contribution >= 0.6 is 0 Å². The zero-order valence-corrected chi connectivity index (χ0v) is 16.9. The lowest BCUT2D eigenvalue weighted by Gasteiger charge is -2.31. The van der Waals surface area contributed by atoms with Gasteiger partial charge in [0.2, 0.25) is 11.9 Å². The van der Waals surface area contributed by atoms with E-state index in [9.17, 15) is 4.79 Å². The Bertz CT molecular complexity index is 975. The summed E-state index contributed by atoms with van der Waals surface area (Å²) in [7, 11) is 0. The molecule has 1 aliphatic rings. The molecule has 1 aliphatic heterocycles. The van der Waals surface area contributed by atoms with E-state index in [-0.39, 0.29) is 11.8 Å². The number of nitrogens with zero attached hydrogens (tertiary/aromatic N) is 3. The average Bonchev–Trinajstić information content (AvgIpc) is 2.74. The van der Waals surface area contributed by atoms with Gasteiger partial charge in [-0.3, -0.25) is 4.79 Å². The molecule has 1 amide bonds. The monoisotopic (exact) mass is 386 g/mol. The third kappa shape index (κ3) is 4.45. The van der Waals surface area contributed by atoms with Gasteiger partial charge in [-0.2, -0.15) is 0 Å². The van der Waals surface area contributed by atoms with Crippen molar-refractivity contribution in [3.8, 4) is 11.1 Å². The zero-order valence-electron chi connectivity index (χ0n) is 16.9. The maximum atomic E-state index is 12.9. The van der Waals surface area contributed by atoms with Crippen molar-refractivity contribution in [2.45, 2.75) is 26.7 Å². The van der Waals surface area contributed by atoms with E-state index in [2.05, 4.69) is 32.3 Å². The minimum absolute atomic E-state index is 0.000913. The molecular weight excluding hydrogens is 360 g/mol. The number of piperidine rings is 1. The highest BCUT2D eigenvalue weighted by atomic mass is 16.1. The Balaban J connectivity index is 1.42. The Kier molecular flexibility index (Phi) is 5.56. The Morgan fingerprint density at radius 1 is 0.931 bits per heavy atom. The van der Waals surface area contributed by atoms with E-state index in [4.69, 9.17) is 0 Å². The van der Waals surface area contributed by atoms with Gasteiger partial charge in [-0.15, -0.1) is 0 Å². The molecule has 1 fully saturated rings. The molecular formula is C24H26N4O. The number of amides is 1. The second-order valence-corrected chi connectivity index (χ2v) is 7.61. The van der Waals surface area contributed by atoms with Gasteiger partial charge in [0.05, 0.1) is 0 Å². The van der Waals surface area contributed by atoms with Crippen LogP contribution in [0.25, 0.3) is 11.1 Å². The van der Waals surface area contributed by atoms with Gasteiger partial charge in [0.25, 0.3) is 0 Å². The van der Waals surface area contributed by atoms with E-state index in [0.717, 1.165) is 60.1 Å². The minimum atomic E-state index is 0.000913. The molecule has 29 heavy (non-hydrogen) atoms. The van der Waals surface area contributed by atoms with E-state index < -0.39 is 0 Å². The number of carbonyl (C=O) groups is 1. The van der Waals surface area contributed by atoms with Gasteiger partial charge < -0.3 is 10.2 Å². The van der Waals surface area contributed by atoms with Gasteiger partial charge >= 0.3 is 0 Å². The number of aromatic nitrogens is 2. The van der Waals surface area contributed by atoms with Gasteiger partial charge in [0.15, 0.2) is 0 Å². The molecule has 0 atom stereocenters. The molecule has 0 saturated carbocycles. The molecule has 5 heteroatoms. The number of aryl methyl sites for hydroxylation is 2. The number of nitrogens with one attached hydrogen (secondary N) is 1. The molecule has 148 valence electrons. The minimum Gasteiger partial charge on any atom is -0.341 e. The molecule has 5 nitrogen and oxygen atoms in total. The van der Waals surface area contributed by atoms with Crippen LogP contribution in [0.3, 0.4) is 0 Å². The molecule has 0 spiro atoms. The zero-order chi connectivity index (χ0) is 20.2. The number of benzene rings is 2. The molecule has 1 aromatic heterocycles. The summed E-state index contributed by atoms with van der Waals surface area (Å²) >= 11 is 0. The van der Waals surface area contributed by atoms with Crippen LogP contribution in [0.15, 0.2) is 60.7 Å². The van der Waals surface area contributed by atoms with Crippen LogP contribution in [0.1, 0.15) is 24.2 Å². The SMILES string of the molecule is Cc1cc(C)nc(N2CCC(C(=O)Nc3ccccc3-c3ccccc3)CC2)n1. The van der Waals surface area contributed by atoms with Crippen LogP contribution < -0.4 is 10.2 Å². The number of rotatable bonds is 4. The summed E-state index contributed by atoms with van der Waals surface area (Å²) in [5, 5.41) is 3.16. The van der Waals surface area contributed by atoms with Crippen molar-refractivity contribution >= 4 is 17.5 Å². The first-order valence-electron chi connectivity index (χ1n) is 10.1. The van der Waals surface area contributed by atoms with Gasteiger partial charge in [-0.25, -0.2) is 9.97 Å². The van der Waals surface area contributed by atoms with E-state index in [1.54, 1.807) is 0 Å². The third-order valence-corrected chi connectivity index (χ3v) is 5.39. The molecule has 0 aliphatic carbocycles. The number of carbonyl (C=O) groups excluding carboxylic acids is 1. The fourth-order valence-corrected chi connectivity index (χ4v) is 3.89. The predicted molar refractivity (Wildman–Crippen MR) is 117 cm³/mol. The normalized spacial score (nSPS) is 14.6. The van der Waals surface area contributed by atoms with Gasteiger partial charge in [0, 0.05) is 41.6 Å². The van der Waals surface area contributed by atoms with Crippen molar-refractivity contribution in [3.63, 3.8) is 0 Å². The number of hydrogen-bond acceptors (Lipinski definition) is 4. The first kappa shape index (κ1) is 19.1. The highest BCUT2D eigenvalue weighted by Gasteiger charge is 2.26. The summed E-state index contributed by atoms with van der Waals surface area (Å²) in [5.74, 6) is 0.867. The van der Waals surface area contributed by atoms with E-state index in [0.29, 0.717) is 0 Å². The van der Waals surface area contributed by atoms with Crippen molar-refractivity contribution in [2.75, 3.05) is 23.3 Å². The Morgan fingerprint density at radius 3 is 2.24 bits per heavy atom. The standard InChI is InChI=1S/C24H26N4O/c1-17-16-18(2)26-24(25-17)28-14-12-20(13-15-28)23(29)27-22-11-7-6-10-21(22)19-8-4-3-5-9-19/h3-11,16,20H,12-15H2,1-2H3,(H,27,29). The first-order chi connectivity index (χ1) is 14.1. The van der Waals surface area contributed by atoms with Crippen molar-refractivity contribution in [2.24, 2.45) is 5.92 Å². The van der Waals surface area contributed by atoms with Crippen LogP contribution in [-0.4, -0.2) is 29.0 Å². The van der Waals surface area contributed by atoms with Crippen molar-refractivity contribution in [3.05, 3.63) is 72.1 Å². The van der Waals surface area contributed by atoms with E-state index >= 15 is 0 Å². The molecule has 4 rings (SSSR count). The lowest BCUT2D eigenvalue weighted by atomic mass is 9.95. The van der Waals surface area contributed by atoms with Crippen molar-refractivity contribution in [1.82, 2.24) is 9.97 Å². The largest absolute Gasteiger partial charge is 0.341 e. The summed E-state index contributed by atoms with van der Waals surface area (Å²) < 4.78 is 0. The molecule has 0 unspecified atom stereocenters. The lowest BCUT2D eigenvalue weighted by molar-refractivity contribution is -0.120. The van der Waals surface area contributed by atoms with Crippen molar-refractivity contribution < 1.29 is 4.79 Å². The molecule has 2 heterocycles. The molecule has 2 aromatic carbocycles. The number of para-hydroxylation sites is 1. The summed E-state index contributed by atoms with van der Waals surface area (Å²) in [6.45, 7) is 5.56. The molecule has 3 aromatic rings. The summed E-state index contributed by atoms with van der Waals surface area (Å²) in [5.41, 5.74) is 4.96. The fourth-order valence-electron chi connectivity index (χ4n) is 3.89. The molecule has 1 saturated heterocycles. The summed E-state index contributed by atoms with van der Waals surface area (Å²) in [6.07, 6.45) is 1.60. The van der Waals surface area contributed by atoms with E-state index in [1.807, 2.05) is 62.4 Å². The van der Waals surface area contributed by atoms with Gasteiger partial charge in [-0.05, 0) is 44.4 Å². The quantitative estimate of drug-likeness (QED) is 0.711. The third-order valence-electron chi connectivity index (χ3n) is 5.39. The van der Waals surface area contributed by atoms with Crippen LogP contribution in [0, 0.1) is 19.8 Å². The predicted octanol–water partition coefficient (Wildman–Crippen LogP) is 4.62. The molecule has 0 bridgehead atoms. The van der Waals surface area contributed by atoms with Gasteiger partial charge in [0.1, 0.15) is 0 Å². The first-order valence-corrected chi connectivity index (χ1v) is 10.1. The number of hydrogen-bond donors (Lipinski definition) is 1. The van der Waals surface area contributed by atoms with Crippen LogP contribution in [0.2, 0.25) is 0 Å². The van der Waals surface area contributed by atoms with Crippen LogP contribution in [-0.2, 0) is 4.79 Å². The summed E-state index contributed by atoms with van der Waals surface area (Å²) in [6, 6.07) is 20.1. The highest BCUT2D eigenvalue weighted by Crippen LogP contribution is 2.29. The van der Waals surface area contributed by atoms with E-state index in [1.165, 1.54) is 0 Å². The Hall–Kier alpha value is -3.21. The molecule has 0 radical (unpaired) electrons. The van der Waals surface area contributed by atoms with Crippen molar-refractivity contribution in [1.29, 1.82) is 0 Å². The maximum Gasteiger partial charge on any atom is 0.227 e. The van der Waals surface area contributed by atoms with Crippen LogP contribution in [0.5, 0.6) is 0 Å².